The fourth-order valence-corrected chi connectivity index (χ4v) is 1.76. The summed E-state index contributed by atoms with van der Waals surface area (Å²) in [7, 11) is 0. The van der Waals surface area contributed by atoms with Gasteiger partial charge in [-0.3, -0.25) is 4.99 Å². The molecule has 1 aromatic rings. The van der Waals surface area contributed by atoms with Gasteiger partial charge < -0.3 is 10.2 Å². The Morgan fingerprint density at radius 3 is 2.63 bits per heavy atom. The first-order valence-electron chi connectivity index (χ1n) is 5.64. The molecule has 0 bridgehead atoms. The number of benzene rings is 1. The Labute approximate surface area is 117 Å². The summed E-state index contributed by atoms with van der Waals surface area (Å²) < 4.78 is 13.6. The molecule has 0 radical (unpaired) electrons. The van der Waals surface area contributed by atoms with E-state index in [0.29, 0.717) is 4.47 Å². The molecule has 0 unspecified atom stereocenters. The van der Waals surface area contributed by atoms with Crippen molar-refractivity contribution in [3.05, 3.63) is 39.8 Å². The number of aliphatic imine (C=N–C) groups is 1. The summed E-state index contributed by atoms with van der Waals surface area (Å²) in [4.78, 5) is 14.9. The third kappa shape index (κ3) is 3.41. The molecule has 0 atom stereocenters. The second-order valence-corrected chi connectivity index (χ2v) is 5.09. The molecule has 6 heteroatoms. The third-order valence-corrected chi connectivity index (χ3v) is 3.36. The predicted molar refractivity (Wildman–Crippen MR) is 72.3 cm³/mol. The number of rotatable bonds is 4. The topological polar surface area (TPSA) is 69.9 Å². The highest BCUT2D eigenvalue weighted by Gasteiger charge is 2.30. The van der Waals surface area contributed by atoms with Crippen LogP contribution in [0.3, 0.4) is 0 Å². The van der Waals surface area contributed by atoms with Crippen LogP contribution in [-0.4, -0.2) is 22.4 Å². The number of carboxylic acid groups (broad SMARTS) is 1. The normalized spacial score (nSPS) is 16.5. The fraction of sp³-hybridized carbons (Fsp3) is 0.231. The second kappa shape index (κ2) is 5.52. The Bertz CT molecular complexity index is 579. The molecule has 0 amide bonds. The zero-order valence-corrected chi connectivity index (χ0v) is 11.4. The largest absolute Gasteiger partial charge is 0.511 e. The van der Waals surface area contributed by atoms with E-state index in [0.717, 1.165) is 19.1 Å². The lowest BCUT2D eigenvalue weighted by molar-refractivity contribution is -0.132. The minimum Gasteiger partial charge on any atom is -0.511 e. The average Bonchev–Trinajstić information content (AvgIpc) is 3.17. The van der Waals surface area contributed by atoms with Gasteiger partial charge in [-0.15, -0.1) is 0 Å². The molecule has 0 aromatic heterocycles. The Morgan fingerprint density at radius 1 is 1.42 bits per heavy atom. The summed E-state index contributed by atoms with van der Waals surface area (Å²) >= 11 is 3.01. The predicted octanol–water partition coefficient (Wildman–Crippen LogP) is 3.60. The van der Waals surface area contributed by atoms with Crippen LogP contribution in [0.4, 0.5) is 10.1 Å². The average molecular weight is 328 g/mol. The fourth-order valence-electron chi connectivity index (χ4n) is 1.51. The molecule has 0 saturated heterocycles. The molecule has 100 valence electrons. The van der Waals surface area contributed by atoms with Crippen LogP contribution in [0.25, 0.3) is 0 Å². The van der Waals surface area contributed by atoms with Gasteiger partial charge in [-0.25, -0.2) is 9.18 Å². The molecule has 1 aliphatic rings. The number of aliphatic carboxylic acids is 1. The summed E-state index contributed by atoms with van der Waals surface area (Å²) in [5, 5.41) is 18.7. The highest BCUT2D eigenvalue weighted by atomic mass is 79.9. The van der Waals surface area contributed by atoms with Gasteiger partial charge in [0.15, 0.2) is 0 Å². The van der Waals surface area contributed by atoms with E-state index in [9.17, 15) is 14.3 Å². The van der Waals surface area contributed by atoms with Gasteiger partial charge in [0.2, 0.25) is 0 Å². The Balaban J connectivity index is 2.26. The first-order chi connectivity index (χ1) is 8.99. The molecule has 1 saturated carbocycles. The van der Waals surface area contributed by atoms with E-state index in [-0.39, 0.29) is 22.9 Å². The molecule has 0 heterocycles. The minimum atomic E-state index is -1.24. The van der Waals surface area contributed by atoms with Crippen LogP contribution in [0.1, 0.15) is 12.8 Å². The third-order valence-electron chi connectivity index (χ3n) is 2.72. The maximum absolute atomic E-state index is 13.3. The van der Waals surface area contributed by atoms with Crippen molar-refractivity contribution in [1.82, 2.24) is 0 Å². The molecule has 1 aliphatic carbocycles. The van der Waals surface area contributed by atoms with Gasteiger partial charge in [0.1, 0.15) is 17.1 Å². The van der Waals surface area contributed by atoms with Gasteiger partial charge in [-0.1, -0.05) is 0 Å². The number of hydrogen-bond acceptors (Lipinski definition) is 3. The van der Waals surface area contributed by atoms with E-state index in [1.807, 2.05) is 0 Å². The number of carboxylic acids is 1. The Morgan fingerprint density at radius 2 is 2.11 bits per heavy atom. The van der Waals surface area contributed by atoms with Gasteiger partial charge in [0, 0.05) is 18.2 Å². The van der Waals surface area contributed by atoms with Gasteiger partial charge in [-0.2, -0.15) is 0 Å². The zero-order chi connectivity index (χ0) is 14.0. The number of aliphatic hydroxyl groups is 1. The van der Waals surface area contributed by atoms with Crippen molar-refractivity contribution < 1.29 is 19.4 Å². The lowest BCUT2D eigenvalue weighted by Gasteiger charge is -2.01. The van der Waals surface area contributed by atoms with Crippen molar-refractivity contribution in [3.63, 3.8) is 0 Å². The highest BCUT2D eigenvalue weighted by molar-refractivity contribution is 9.10. The summed E-state index contributed by atoms with van der Waals surface area (Å²) in [5.74, 6) is -1.97. The number of allylic oxidation sites excluding steroid dienone is 1. The van der Waals surface area contributed by atoms with E-state index in [2.05, 4.69) is 20.9 Å². The SMILES string of the molecule is O=C(O)C(C=Nc1ccc(Br)c(F)c1)=C(O)C1CC1. The summed E-state index contributed by atoms with van der Waals surface area (Å²) in [6.07, 6.45) is 2.62. The highest BCUT2D eigenvalue weighted by Crippen LogP contribution is 2.36. The lowest BCUT2D eigenvalue weighted by atomic mass is 10.2. The molecule has 1 aromatic carbocycles. The Kier molecular flexibility index (Phi) is 3.99. The van der Waals surface area contributed by atoms with Crippen LogP contribution in [-0.2, 0) is 4.79 Å². The molecule has 19 heavy (non-hydrogen) atoms. The second-order valence-electron chi connectivity index (χ2n) is 4.23. The van der Waals surface area contributed by atoms with Crippen molar-refractivity contribution in [1.29, 1.82) is 0 Å². The molecule has 2 rings (SSSR count). The van der Waals surface area contributed by atoms with Crippen molar-refractivity contribution in [2.24, 2.45) is 10.9 Å². The lowest BCUT2D eigenvalue weighted by Crippen LogP contribution is -2.07. The molecular formula is C13H11BrFNO3. The van der Waals surface area contributed by atoms with E-state index in [1.165, 1.54) is 18.2 Å². The molecule has 4 nitrogen and oxygen atoms in total. The molecule has 1 fully saturated rings. The first kappa shape index (κ1) is 13.7. The van der Waals surface area contributed by atoms with Gasteiger partial charge in [0.25, 0.3) is 0 Å². The summed E-state index contributed by atoms with van der Waals surface area (Å²) in [6, 6.07) is 4.19. The zero-order valence-electron chi connectivity index (χ0n) is 9.81. The number of hydrogen-bond donors (Lipinski definition) is 2. The standard InChI is InChI=1S/C13H11BrFNO3/c14-10-4-3-8(5-11(10)15)16-6-9(13(18)19)12(17)7-1-2-7/h3-7,17H,1-2H2,(H,18,19). The summed E-state index contributed by atoms with van der Waals surface area (Å²) in [5.41, 5.74) is 0.0360. The van der Waals surface area contributed by atoms with Gasteiger partial charge >= 0.3 is 5.97 Å². The van der Waals surface area contributed by atoms with Crippen LogP contribution >= 0.6 is 15.9 Å². The van der Waals surface area contributed by atoms with Crippen molar-refractivity contribution in [3.8, 4) is 0 Å². The Hall–Kier alpha value is -1.69. The monoisotopic (exact) mass is 327 g/mol. The van der Waals surface area contributed by atoms with Crippen LogP contribution in [0.5, 0.6) is 0 Å². The van der Waals surface area contributed by atoms with E-state index >= 15 is 0 Å². The molecular weight excluding hydrogens is 317 g/mol. The number of halogens is 2. The first-order valence-corrected chi connectivity index (χ1v) is 6.44. The minimum absolute atomic E-state index is 0.0841. The van der Waals surface area contributed by atoms with Crippen molar-refractivity contribution >= 4 is 33.8 Å². The van der Waals surface area contributed by atoms with E-state index in [1.54, 1.807) is 0 Å². The number of nitrogens with zero attached hydrogens (tertiary/aromatic N) is 1. The van der Waals surface area contributed by atoms with E-state index < -0.39 is 11.8 Å². The van der Waals surface area contributed by atoms with Crippen LogP contribution in [0.2, 0.25) is 0 Å². The van der Waals surface area contributed by atoms with Crippen molar-refractivity contribution in [2.45, 2.75) is 12.8 Å². The summed E-state index contributed by atoms with van der Waals surface area (Å²) in [6.45, 7) is 0. The number of carbonyl (C=O) groups is 1. The van der Waals surface area contributed by atoms with E-state index in [4.69, 9.17) is 5.11 Å². The van der Waals surface area contributed by atoms with Crippen LogP contribution < -0.4 is 0 Å². The van der Waals surface area contributed by atoms with Crippen LogP contribution in [0.15, 0.2) is 39.0 Å². The van der Waals surface area contributed by atoms with Crippen molar-refractivity contribution in [2.75, 3.05) is 0 Å². The van der Waals surface area contributed by atoms with Gasteiger partial charge in [-0.05, 0) is 40.9 Å². The van der Waals surface area contributed by atoms with Crippen LogP contribution in [0, 0.1) is 11.7 Å². The van der Waals surface area contributed by atoms with Gasteiger partial charge in [0.05, 0.1) is 10.2 Å². The quantitative estimate of drug-likeness (QED) is 0.504. The number of aliphatic hydroxyl groups excluding tert-OH is 1. The smallest absolute Gasteiger partial charge is 0.340 e. The molecule has 2 N–H and O–H groups in total. The maximum Gasteiger partial charge on any atom is 0.340 e. The maximum atomic E-state index is 13.3. The molecule has 0 spiro atoms. The molecule has 0 aliphatic heterocycles.